The molecule has 2 unspecified atom stereocenters. The van der Waals surface area contributed by atoms with Gasteiger partial charge in [-0.05, 0) is 36.1 Å². The number of nitrogens with one attached hydrogen (secondary N) is 1. The van der Waals surface area contributed by atoms with E-state index in [1.807, 2.05) is 0 Å². The first-order valence-electron chi connectivity index (χ1n) is 7.43. The molecule has 2 aromatic carbocycles. The molecular formula is C18H22N2. The van der Waals surface area contributed by atoms with Crippen LogP contribution in [0.3, 0.4) is 0 Å². The number of hydrogen-bond donors (Lipinski definition) is 2. The van der Waals surface area contributed by atoms with Crippen molar-refractivity contribution in [3.8, 4) is 0 Å². The van der Waals surface area contributed by atoms with E-state index in [0.717, 1.165) is 19.5 Å². The van der Waals surface area contributed by atoms with Crippen LogP contribution in [0, 0.1) is 0 Å². The van der Waals surface area contributed by atoms with E-state index < -0.39 is 0 Å². The minimum absolute atomic E-state index is 0.640. The maximum absolute atomic E-state index is 5.56. The Balaban J connectivity index is 1.49. The summed E-state index contributed by atoms with van der Waals surface area (Å²) in [5.41, 5.74) is 9.70. The monoisotopic (exact) mass is 266 g/mol. The van der Waals surface area contributed by atoms with E-state index in [0.29, 0.717) is 12.0 Å². The van der Waals surface area contributed by atoms with Gasteiger partial charge in [-0.3, -0.25) is 0 Å². The molecule has 0 amide bonds. The minimum Gasteiger partial charge on any atom is -0.330 e. The van der Waals surface area contributed by atoms with Crippen molar-refractivity contribution in [3.05, 3.63) is 71.3 Å². The lowest BCUT2D eigenvalue weighted by Crippen LogP contribution is -2.17. The Bertz CT molecular complexity index is 533. The molecule has 104 valence electrons. The van der Waals surface area contributed by atoms with Crippen LogP contribution in [0.5, 0.6) is 0 Å². The highest BCUT2D eigenvalue weighted by molar-refractivity contribution is 5.28. The van der Waals surface area contributed by atoms with Crippen LogP contribution in [0.2, 0.25) is 0 Å². The van der Waals surface area contributed by atoms with E-state index in [1.165, 1.54) is 23.1 Å². The summed E-state index contributed by atoms with van der Waals surface area (Å²) in [6, 6.07) is 20.2. The van der Waals surface area contributed by atoms with E-state index >= 15 is 0 Å². The van der Waals surface area contributed by atoms with Crippen molar-refractivity contribution >= 4 is 0 Å². The Kier molecular flexibility index (Phi) is 4.14. The van der Waals surface area contributed by atoms with Crippen molar-refractivity contribution in [1.82, 2.24) is 5.32 Å². The second-order valence-corrected chi connectivity index (χ2v) is 5.60. The number of nitrogens with two attached hydrogens (primary N) is 1. The summed E-state index contributed by atoms with van der Waals surface area (Å²) in [6.07, 6.45) is 2.22. The Morgan fingerprint density at radius 1 is 0.950 bits per heavy atom. The average molecular weight is 266 g/mol. The summed E-state index contributed by atoms with van der Waals surface area (Å²) >= 11 is 0. The zero-order chi connectivity index (χ0) is 13.8. The van der Waals surface area contributed by atoms with Gasteiger partial charge in [-0.1, -0.05) is 54.6 Å². The van der Waals surface area contributed by atoms with Gasteiger partial charge in [0.1, 0.15) is 0 Å². The minimum atomic E-state index is 0.640. The number of hydrogen-bond acceptors (Lipinski definition) is 2. The molecule has 3 rings (SSSR count). The summed E-state index contributed by atoms with van der Waals surface area (Å²) < 4.78 is 0. The zero-order valence-electron chi connectivity index (χ0n) is 11.8. The molecule has 1 saturated carbocycles. The number of rotatable bonds is 6. The van der Waals surface area contributed by atoms with Gasteiger partial charge in [0.05, 0.1) is 0 Å². The highest BCUT2D eigenvalue weighted by Crippen LogP contribution is 2.40. The van der Waals surface area contributed by atoms with E-state index in [2.05, 4.69) is 59.9 Å². The van der Waals surface area contributed by atoms with Crippen LogP contribution in [-0.2, 0) is 13.0 Å². The van der Waals surface area contributed by atoms with E-state index in [9.17, 15) is 0 Å². The van der Waals surface area contributed by atoms with Gasteiger partial charge in [-0.15, -0.1) is 0 Å². The Hall–Kier alpha value is -1.64. The van der Waals surface area contributed by atoms with Gasteiger partial charge < -0.3 is 11.1 Å². The molecule has 0 bridgehead atoms. The van der Waals surface area contributed by atoms with Gasteiger partial charge in [0.25, 0.3) is 0 Å². The fourth-order valence-corrected chi connectivity index (χ4v) is 2.73. The maximum atomic E-state index is 5.56. The smallest absolute Gasteiger partial charge is 0.0208 e. The average Bonchev–Trinajstić information content (AvgIpc) is 3.27. The molecule has 0 saturated heterocycles. The van der Waals surface area contributed by atoms with Crippen LogP contribution in [-0.4, -0.2) is 12.6 Å². The fraction of sp³-hybridized carbons (Fsp3) is 0.333. The third kappa shape index (κ3) is 3.27. The van der Waals surface area contributed by atoms with E-state index in [1.54, 1.807) is 0 Å². The van der Waals surface area contributed by atoms with E-state index in [4.69, 9.17) is 5.73 Å². The van der Waals surface area contributed by atoms with Crippen molar-refractivity contribution in [3.63, 3.8) is 0 Å². The second kappa shape index (κ2) is 6.21. The van der Waals surface area contributed by atoms with Crippen molar-refractivity contribution in [1.29, 1.82) is 0 Å². The first-order chi connectivity index (χ1) is 9.86. The lowest BCUT2D eigenvalue weighted by molar-refractivity contribution is 0.672. The maximum Gasteiger partial charge on any atom is 0.0208 e. The van der Waals surface area contributed by atoms with Crippen LogP contribution in [0.1, 0.15) is 29.0 Å². The molecule has 1 aliphatic rings. The Morgan fingerprint density at radius 2 is 1.65 bits per heavy atom. The van der Waals surface area contributed by atoms with Crippen LogP contribution in [0.4, 0.5) is 0 Å². The molecule has 0 aliphatic heterocycles. The molecule has 0 aromatic heterocycles. The molecule has 2 heteroatoms. The largest absolute Gasteiger partial charge is 0.330 e. The van der Waals surface area contributed by atoms with Crippen molar-refractivity contribution in [2.24, 2.45) is 5.73 Å². The van der Waals surface area contributed by atoms with Gasteiger partial charge in [-0.2, -0.15) is 0 Å². The molecule has 0 radical (unpaired) electrons. The molecule has 2 nitrogen and oxygen atoms in total. The van der Waals surface area contributed by atoms with Gasteiger partial charge >= 0.3 is 0 Å². The quantitative estimate of drug-likeness (QED) is 0.843. The summed E-state index contributed by atoms with van der Waals surface area (Å²) in [5.74, 6) is 0.702. The molecule has 0 heterocycles. The standard InChI is InChI=1S/C18H22N2/c19-11-10-14-6-8-15(9-7-14)13-20-18-12-17(18)16-4-2-1-3-5-16/h1-9,17-18,20H,10-13,19H2. The first kappa shape index (κ1) is 13.3. The lowest BCUT2D eigenvalue weighted by Gasteiger charge is -2.06. The zero-order valence-corrected chi connectivity index (χ0v) is 11.8. The van der Waals surface area contributed by atoms with Crippen LogP contribution >= 0.6 is 0 Å². The van der Waals surface area contributed by atoms with Crippen LogP contribution in [0.15, 0.2) is 54.6 Å². The molecule has 1 fully saturated rings. The van der Waals surface area contributed by atoms with Gasteiger partial charge in [0.2, 0.25) is 0 Å². The Morgan fingerprint density at radius 3 is 2.35 bits per heavy atom. The molecule has 2 aromatic rings. The van der Waals surface area contributed by atoms with E-state index in [-0.39, 0.29) is 0 Å². The highest BCUT2D eigenvalue weighted by atomic mass is 15.0. The molecular weight excluding hydrogens is 244 g/mol. The summed E-state index contributed by atoms with van der Waals surface area (Å²) in [7, 11) is 0. The first-order valence-corrected chi connectivity index (χ1v) is 7.43. The number of benzene rings is 2. The molecule has 20 heavy (non-hydrogen) atoms. The Labute approximate surface area is 121 Å². The third-order valence-corrected chi connectivity index (χ3v) is 4.04. The second-order valence-electron chi connectivity index (χ2n) is 5.60. The topological polar surface area (TPSA) is 38.0 Å². The van der Waals surface area contributed by atoms with Gasteiger partial charge in [0, 0.05) is 18.5 Å². The summed E-state index contributed by atoms with van der Waals surface area (Å²) in [6.45, 7) is 1.68. The van der Waals surface area contributed by atoms with Crippen LogP contribution < -0.4 is 11.1 Å². The molecule has 0 spiro atoms. The van der Waals surface area contributed by atoms with Crippen LogP contribution in [0.25, 0.3) is 0 Å². The van der Waals surface area contributed by atoms with Gasteiger partial charge in [0.15, 0.2) is 0 Å². The van der Waals surface area contributed by atoms with Crippen molar-refractivity contribution in [2.45, 2.75) is 31.3 Å². The van der Waals surface area contributed by atoms with Crippen molar-refractivity contribution in [2.75, 3.05) is 6.54 Å². The van der Waals surface area contributed by atoms with Crippen molar-refractivity contribution < 1.29 is 0 Å². The van der Waals surface area contributed by atoms with Gasteiger partial charge in [-0.25, -0.2) is 0 Å². The predicted molar refractivity (Wildman–Crippen MR) is 83.6 cm³/mol. The molecule has 1 aliphatic carbocycles. The highest BCUT2D eigenvalue weighted by Gasteiger charge is 2.37. The fourth-order valence-electron chi connectivity index (χ4n) is 2.73. The molecule has 2 atom stereocenters. The third-order valence-electron chi connectivity index (χ3n) is 4.04. The summed E-state index contributed by atoms with van der Waals surface area (Å²) in [4.78, 5) is 0. The lowest BCUT2D eigenvalue weighted by atomic mass is 10.1. The normalized spacial score (nSPS) is 20.9. The summed E-state index contributed by atoms with van der Waals surface area (Å²) in [5, 5.41) is 3.65. The SMILES string of the molecule is NCCc1ccc(CNC2CC2c2ccccc2)cc1. The predicted octanol–water partition coefficient (Wildman–Crippen LogP) is 2.83. The molecule has 3 N–H and O–H groups in total.